The van der Waals surface area contributed by atoms with E-state index in [1.807, 2.05) is 6.26 Å². The Morgan fingerprint density at radius 2 is 1.88 bits per heavy atom. The number of nitrogens with two attached hydrogens (primary N) is 1. The lowest BCUT2D eigenvalue weighted by Crippen LogP contribution is -2.56. The Bertz CT molecular complexity index is 819. The Hall–Kier alpha value is -2.79. The zero-order valence-electron chi connectivity index (χ0n) is 18.0. The number of hydrogen-bond donors (Lipinski definition) is 5. The number of carbonyl (C=O) groups is 4. The van der Waals surface area contributed by atoms with Crippen LogP contribution in [-0.4, -0.2) is 82.0 Å². The Balaban J connectivity index is 2.18. The van der Waals surface area contributed by atoms with E-state index in [9.17, 15) is 29.4 Å². The number of carboxylic acid groups (broad SMARTS) is 1. The molecule has 11 heteroatoms. The SMILES string of the molecule is CSCCC(NC(=O)C(Cc1ccc(O)cc1)NC(=O)CN)C(=O)N1CCCC1C(=O)O. The summed E-state index contributed by atoms with van der Waals surface area (Å²) < 4.78 is 0. The van der Waals surface area contributed by atoms with Crippen LogP contribution in [-0.2, 0) is 25.6 Å². The van der Waals surface area contributed by atoms with Gasteiger partial charge in [0, 0.05) is 13.0 Å². The molecule has 1 aliphatic heterocycles. The predicted molar refractivity (Wildman–Crippen MR) is 120 cm³/mol. The number of hydrogen-bond acceptors (Lipinski definition) is 7. The highest BCUT2D eigenvalue weighted by Crippen LogP contribution is 2.20. The molecule has 2 rings (SSSR count). The third-order valence-corrected chi connectivity index (χ3v) is 5.90. The number of nitrogens with zero attached hydrogens (tertiary/aromatic N) is 1. The van der Waals surface area contributed by atoms with Gasteiger partial charge in [0.25, 0.3) is 0 Å². The van der Waals surface area contributed by atoms with Crippen molar-refractivity contribution in [3.05, 3.63) is 29.8 Å². The predicted octanol–water partition coefficient (Wildman–Crippen LogP) is -0.308. The number of aliphatic carboxylic acids is 1. The van der Waals surface area contributed by atoms with Gasteiger partial charge in [-0.1, -0.05) is 12.1 Å². The standard InChI is InChI=1S/C21H30N4O6S/c1-32-10-8-15(20(29)25-9-2-3-17(25)21(30)31)24-19(28)16(23-18(27)12-22)11-13-4-6-14(26)7-5-13/h4-7,15-17,26H,2-3,8-12,22H2,1H3,(H,23,27)(H,24,28)(H,30,31). The van der Waals surface area contributed by atoms with Crippen LogP contribution in [0.15, 0.2) is 24.3 Å². The molecule has 1 fully saturated rings. The Kier molecular flexibility index (Phi) is 9.79. The molecule has 0 aliphatic carbocycles. The molecule has 1 aromatic rings. The minimum atomic E-state index is -1.06. The van der Waals surface area contributed by atoms with Crippen molar-refractivity contribution in [2.75, 3.05) is 25.1 Å². The van der Waals surface area contributed by atoms with Gasteiger partial charge in [-0.05, 0) is 49.0 Å². The number of amides is 3. The second kappa shape index (κ2) is 12.3. The van der Waals surface area contributed by atoms with E-state index in [1.54, 1.807) is 12.1 Å². The van der Waals surface area contributed by atoms with Crippen LogP contribution in [0.2, 0.25) is 0 Å². The van der Waals surface area contributed by atoms with Crippen molar-refractivity contribution in [1.82, 2.24) is 15.5 Å². The first-order valence-electron chi connectivity index (χ1n) is 10.4. The lowest BCUT2D eigenvalue weighted by atomic mass is 10.0. The molecule has 10 nitrogen and oxygen atoms in total. The number of phenols is 1. The average molecular weight is 467 g/mol. The number of nitrogens with one attached hydrogen (secondary N) is 2. The van der Waals surface area contributed by atoms with Crippen LogP contribution in [0.4, 0.5) is 0 Å². The van der Waals surface area contributed by atoms with Gasteiger partial charge in [-0.3, -0.25) is 14.4 Å². The van der Waals surface area contributed by atoms with Crippen LogP contribution >= 0.6 is 11.8 Å². The van der Waals surface area contributed by atoms with Gasteiger partial charge in [-0.15, -0.1) is 0 Å². The van der Waals surface area contributed by atoms with Crippen LogP contribution in [0.1, 0.15) is 24.8 Å². The Morgan fingerprint density at radius 1 is 1.19 bits per heavy atom. The maximum absolute atomic E-state index is 13.1. The lowest BCUT2D eigenvalue weighted by Gasteiger charge is -2.28. The van der Waals surface area contributed by atoms with Crippen molar-refractivity contribution in [3.8, 4) is 5.75 Å². The molecular weight excluding hydrogens is 436 g/mol. The largest absolute Gasteiger partial charge is 0.508 e. The smallest absolute Gasteiger partial charge is 0.326 e. The first kappa shape index (κ1) is 25.5. The van der Waals surface area contributed by atoms with Gasteiger partial charge in [0.1, 0.15) is 23.9 Å². The number of likely N-dealkylation sites (tertiary alicyclic amines) is 1. The minimum absolute atomic E-state index is 0.0714. The first-order valence-corrected chi connectivity index (χ1v) is 11.8. The van der Waals surface area contributed by atoms with E-state index in [-0.39, 0.29) is 18.7 Å². The third kappa shape index (κ3) is 7.13. The van der Waals surface area contributed by atoms with Gasteiger partial charge in [-0.2, -0.15) is 11.8 Å². The number of benzene rings is 1. The van der Waals surface area contributed by atoms with Crippen molar-refractivity contribution in [2.24, 2.45) is 5.73 Å². The lowest BCUT2D eigenvalue weighted by molar-refractivity contribution is -0.149. The van der Waals surface area contributed by atoms with Crippen molar-refractivity contribution >= 4 is 35.5 Å². The average Bonchev–Trinajstić information content (AvgIpc) is 3.27. The summed E-state index contributed by atoms with van der Waals surface area (Å²) >= 11 is 1.50. The number of phenolic OH excluding ortho intramolecular Hbond substituents is 1. The normalized spacial score (nSPS) is 17.4. The first-order chi connectivity index (χ1) is 15.3. The van der Waals surface area contributed by atoms with Crippen LogP contribution in [0.25, 0.3) is 0 Å². The summed E-state index contributed by atoms with van der Waals surface area (Å²) in [6, 6.07) is 3.39. The Morgan fingerprint density at radius 3 is 2.47 bits per heavy atom. The molecule has 6 N–H and O–H groups in total. The molecule has 176 valence electrons. The number of rotatable bonds is 11. The van der Waals surface area contributed by atoms with E-state index >= 15 is 0 Å². The molecular formula is C21H30N4O6S. The second-order valence-electron chi connectivity index (χ2n) is 7.57. The summed E-state index contributed by atoms with van der Waals surface area (Å²) in [5.74, 6) is -1.94. The zero-order chi connectivity index (χ0) is 23.7. The molecule has 3 amide bonds. The van der Waals surface area contributed by atoms with Gasteiger partial charge in [0.05, 0.1) is 6.54 Å². The monoisotopic (exact) mass is 466 g/mol. The highest BCUT2D eigenvalue weighted by Gasteiger charge is 2.38. The summed E-state index contributed by atoms with van der Waals surface area (Å²) in [4.78, 5) is 50.9. The maximum atomic E-state index is 13.1. The van der Waals surface area contributed by atoms with Crippen LogP contribution < -0.4 is 16.4 Å². The van der Waals surface area contributed by atoms with Crippen molar-refractivity contribution in [3.63, 3.8) is 0 Å². The topological polar surface area (TPSA) is 162 Å². The summed E-state index contributed by atoms with van der Waals surface area (Å²) in [6.07, 6.45) is 3.28. The van der Waals surface area contributed by atoms with E-state index in [4.69, 9.17) is 5.73 Å². The fourth-order valence-corrected chi connectivity index (χ4v) is 4.05. The second-order valence-corrected chi connectivity index (χ2v) is 8.55. The number of carboxylic acids is 1. The highest BCUT2D eigenvalue weighted by atomic mass is 32.2. The molecule has 3 atom stereocenters. The van der Waals surface area contributed by atoms with Gasteiger partial charge in [0.2, 0.25) is 17.7 Å². The molecule has 1 aromatic carbocycles. The molecule has 32 heavy (non-hydrogen) atoms. The van der Waals surface area contributed by atoms with E-state index in [0.717, 1.165) is 0 Å². The summed E-state index contributed by atoms with van der Waals surface area (Å²) in [5, 5.41) is 24.1. The van der Waals surface area contributed by atoms with E-state index in [1.165, 1.54) is 28.8 Å². The van der Waals surface area contributed by atoms with Gasteiger partial charge >= 0.3 is 5.97 Å². The molecule has 0 saturated carbocycles. The third-order valence-electron chi connectivity index (χ3n) is 5.26. The fraction of sp³-hybridized carbons (Fsp3) is 0.524. The molecule has 1 heterocycles. The quantitative estimate of drug-likeness (QED) is 0.297. The molecule has 0 aromatic heterocycles. The molecule has 3 unspecified atom stereocenters. The number of aromatic hydroxyl groups is 1. The van der Waals surface area contributed by atoms with Crippen LogP contribution in [0.3, 0.4) is 0 Å². The van der Waals surface area contributed by atoms with E-state index in [2.05, 4.69) is 10.6 Å². The summed E-state index contributed by atoms with van der Waals surface area (Å²) in [5.41, 5.74) is 6.07. The van der Waals surface area contributed by atoms with E-state index in [0.29, 0.717) is 37.1 Å². The summed E-state index contributed by atoms with van der Waals surface area (Å²) in [7, 11) is 0. The van der Waals surface area contributed by atoms with Gasteiger partial charge in [-0.25, -0.2) is 4.79 Å². The molecule has 1 saturated heterocycles. The molecule has 1 aliphatic rings. The molecule has 0 spiro atoms. The molecule has 0 bridgehead atoms. The maximum Gasteiger partial charge on any atom is 0.326 e. The van der Waals surface area contributed by atoms with Crippen molar-refractivity contribution in [1.29, 1.82) is 0 Å². The highest BCUT2D eigenvalue weighted by molar-refractivity contribution is 7.98. The van der Waals surface area contributed by atoms with E-state index < -0.39 is 41.8 Å². The Labute approximate surface area is 190 Å². The minimum Gasteiger partial charge on any atom is -0.508 e. The number of thioether (sulfide) groups is 1. The molecule has 0 radical (unpaired) electrons. The number of carbonyl (C=O) groups excluding carboxylic acids is 3. The van der Waals surface area contributed by atoms with Crippen molar-refractivity contribution in [2.45, 2.75) is 43.8 Å². The van der Waals surface area contributed by atoms with Gasteiger partial charge < -0.3 is 31.5 Å². The van der Waals surface area contributed by atoms with Gasteiger partial charge in [0.15, 0.2) is 0 Å². The van der Waals surface area contributed by atoms with Crippen LogP contribution in [0, 0.1) is 0 Å². The summed E-state index contributed by atoms with van der Waals surface area (Å²) in [6.45, 7) is 0.0184. The van der Waals surface area contributed by atoms with Crippen LogP contribution in [0.5, 0.6) is 5.75 Å². The van der Waals surface area contributed by atoms with Crippen molar-refractivity contribution < 1.29 is 29.4 Å². The fourth-order valence-electron chi connectivity index (χ4n) is 3.58. The zero-order valence-corrected chi connectivity index (χ0v) is 18.8.